The average molecular weight is 482 g/mol. The van der Waals surface area contributed by atoms with Gasteiger partial charge >= 0.3 is 0 Å². The normalized spacial score (nSPS) is 20.5. The van der Waals surface area contributed by atoms with E-state index in [0.29, 0.717) is 5.75 Å². The third-order valence-electron chi connectivity index (χ3n) is 5.56. The van der Waals surface area contributed by atoms with Gasteiger partial charge in [-0.25, -0.2) is 0 Å². The number of thioether (sulfide) groups is 1. The van der Waals surface area contributed by atoms with E-state index in [4.69, 9.17) is 0 Å². The number of benzene rings is 3. The van der Waals surface area contributed by atoms with Crippen LogP contribution < -0.4 is 39.0 Å². The summed E-state index contributed by atoms with van der Waals surface area (Å²) in [4.78, 5) is 13.7. The molecule has 0 bridgehead atoms. The highest BCUT2D eigenvalue weighted by atomic mass is 35.5. The first-order valence-electron chi connectivity index (χ1n) is 10.3. The van der Waals surface area contributed by atoms with Crippen LogP contribution in [0.15, 0.2) is 91.0 Å². The predicted molar refractivity (Wildman–Crippen MR) is 132 cm³/mol. The lowest BCUT2D eigenvalue weighted by Crippen LogP contribution is -3.00. The molecule has 3 atom stereocenters. The summed E-state index contributed by atoms with van der Waals surface area (Å²) in [6.07, 6.45) is -0.149. The Morgan fingerprint density at radius 2 is 1.31 bits per heavy atom. The van der Waals surface area contributed by atoms with Crippen molar-refractivity contribution in [1.29, 1.82) is 5.26 Å². The van der Waals surface area contributed by atoms with Gasteiger partial charge in [-0.3, -0.25) is 10.1 Å². The van der Waals surface area contributed by atoms with Crippen LogP contribution in [0.2, 0.25) is 0 Å². The van der Waals surface area contributed by atoms with Gasteiger partial charge in [0.25, 0.3) is 5.91 Å². The van der Waals surface area contributed by atoms with Crippen molar-refractivity contribution in [2.75, 3.05) is 5.75 Å². The Morgan fingerprint density at radius 3 is 1.72 bits per heavy atom. The highest BCUT2D eigenvalue weighted by molar-refractivity contribution is 8.02. The Morgan fingerprint density at radius 1 is 0.875 bits per heavy atom. The molecule has 0 aliphatic carbocycles. The third kappa shape index (κ3) is 4.56. The van der Waals surface area contributed by atoms with Crippen molar-refractivity contribution in [1.82, 2.24) is 10.6 Å². The Kier molecular flexibility index (Phi) is 8.34. The first-order chi connectivity index (χ1) is 15.2. The summed E-state index contributed by atoms with van der Waals surface area (Å²) in [5.74, 6) is 0.360. The Balaban J connectivity index is 0.00000289. The second-order valence-electron chi connectivity index (χ2n) is 7.46. The molecule has 0 spiro atoms. The van der Waals surface area contributed by atoms with E-state index >= 15 is 0 Å². The maximum absolute atomic E-state index is 13.7. The number of hydrogen-bond acceptors (Lipinski definition) is 4. The van der Waals surface area contributed by atoms with Gasteiger partial charge in [0, 0.05) is 0 Å². The number of nitrogens with zero attached hydrogens (tertiary/aromatic N) is 1. The zero-order valence-electron chi connectivity index (χ0n) is 17.7. The smallest absolute Gasteiger partial charge is 0.265 e. The number of carbonyl (C=O) groups is 1. The molecule has 32 heavy (non-hydrogen) atoms. The van der Waals surface area contributed by atoms with Gasteiger partial charge in [0.05, 0.1) is 18.0 Å². The van der Waals surface area contributed by atoms with Crippen molar-refractivity contribution in [3.8, 4) is 6.07 Å². The molecule has 3 unspecified atom stereocenters. The van der Waals surface area contributed by atoms with Gasteiger partial charge in [-0.05, 0) is 43.3 Å². The molecule has 4 nitrogen and oxygen atoms in total. The fourth-order valence-corrected chi connectivity index (χ4v) is 10.7. The maximum Gasteiger partial charge on any atom is 0.265 e. The van der Waals surface area contributed by atoms with Crippen molar-refractivity contribution >= 4 is 40.8 Å². The number of amides is 1. The standard InChI is InChI=1S/C25H24N3OPS.ClH/c1-19-27-24(29)23(25(28-19)31-18-17-26)30(20-11-5-2-6-12-20,21-13-7-3-8-14-21)22-15-9-4-10-16-22;/h2-16,19,23,25,28H,18H2,1H3;1H. The van der Waals surface area contributed by atoms with Crippen LogP contribution in [0.1, 0.15) is 6.92 Å². The second kappa shape index (κ2) is 11.0. The first-order valence-corrected chi connectivity index (χ1v) is 13.2. The molecule has 3 aromatic carbocycles. The molecule has 1 aliphatic heterocycles. The molecule has 3 aromatic rings. The van der Waals surface area contributed by atoms with Crippen LogP contribution in [0.25, 0.3) is 0 Å². The summed E-state index contributed by atoms with van der Waals surface area (Å²) in [6.45, 7) is 1.95. The number of nitrogens with one attached hydrogen (secondary N) is 2. The lowest BCUT2D eigenvalue weighted by molar-refractivity contribution is -0.123. The SMILES string of the molecule is CC1NC(=O)C([P+](c2ccccc2)(c2ccccc2)c2ccccc2)C(SCC#N)N1.[Cl-]. The van der Waals surface area contributed by atoms with Crippen LogP contribution in [0.4, 0.5) is 0 Å². The third-order valence-corrected chi connectivity index (χ3v) is 11.5. The predicted octanol–water partition coefficient (Wildman–Crippen LogP) is 0.00138. The Labute approximate surface area is 200 Å². The number of halogens is 1. The molecule has 4 rings (SSSR count). The summed E-state index contributed by atoms with van der Waals surface area (Å²) in [6, 6.07) is 33.4. The van der Waals surface area contributed by atoms with Gasteiger partial charge in [0.15, 0.2) is 5.66 Å². The van der Waals surface area contributed by atoms with E-state index in [1.807, 2.05) is 61.5 Å². The van der Waals surface area contributed by atoms with E-state index in [2.05, 4.69) is 53.1 Å². The Bertz CT molecular complexity index is 966. The summed E-state index contributed by atoms with van der Waals surface area (Å²) in [5.41, 5.74) is -0.353. The van der Waals surface area contributed by atoms with Crippen molar-refractivity contribution in [3.05, 3.63) is 91.0 Å². The highest BCUT2D eigenvalue weighted by Crippen LogP contribution is 2.62. The van der Waals surface area contributed by atoms with E-state index in [1.165, 1.54) is 11.8 Å². The summed E-state index contributed by atoms with van der Waals surface area (Å²) in [5, 5.41) is 19.3. The Hall–Kier alpha value is -2.35. The number of rotatable bonds is 6. The molecule has 1 aliphatic rings. The van der Waals surface area contributed by atoms with Crippen LogP contribution in [-0.2, 0) is 4.79 Å². The van der Waals surface area contributed by atoms with Crippen LogP contribution >= 0.6 is 19.0 Å². The maximum atomic E-state index is 13.7. The summed E-state index contributed by atoms with van der Waals surface area (Å²) in [7, 11) is -2.41. The molecule has 1 saturated heterocycles. The first kappa shape index (κ1) is 24.3. The molecule has 1 heterocycles. The minimum absolute atomic E-state index is 0. The van der Waals surface area contributed by atoms with Crippen molar-refractivity contribution < 1.29 is 17.2 Å². The lowest BCUT2D eigenvalue weighted by Gasteiger charge is -2.42. The molecule has 7 heteroatoms. The van der Waals surface area contributed by atoms with E-state index in [9.17, 15) is 10.1 Å². The molecular weight excluding hydrogens is 457 g/mol. The van der Waals surface area contributed by atoms with Gasteiger partial charge < -0.3 is 17.7 Å². The van der Waals surface area contributed by atoms with Crippen molar-refractivity contribution in [2.45, 2.75) is 24.1 Å². The molecule has 1 fully saturated rings. The van der Waals surface area contributed by atoms with Crippen LogP contribution in [-0.4, -0.2) is 28.9 Å². The largest absolute Gasteiger partial charge is 1.00 e. The van der Waals surface area contributed by atoms with Crippen LogP contribution in [0, 0.1) is 11.3 Å². The topological polar surface area (TPSA) is 64.9 Å². The van der Waals surface area contributed by atoms with E-state index in [0.717, 1.165) is 15.9 Å². The average Bonchev–Trinajstić information content (AvgIpc) is 2.81. The minimum atomic E-state index is -2.41. The van der Waals surface area contributed by atoms with Gasteiger partial charge in [-0.1, -0.05) is 54.6 Å². The van der Waals surface area contributed by atoms with Gasteiger partial charge in [-0.2, -0.15) is 5.26 Å². The number of nitriles is 1. The molecule has 164 valence electrons. The molecule has 2 N–H and O–H groups in total. The zero-order valence-corrected chi connectivity index (χ0v) is 20.2. The lowest BCUT2D eigenvalue weighted by atomic mass is 10.3. The van der Waals surface area contributed by atoms with E-state index in [-0.39, 0.29) is 35.5 Å². The van der Waals surface area contributed by atoms with Gasteiger partial charge in [0.1, 0.15) is 28.5 Å². The quantitative estimate of drug-likeness (QED) is 0.487. The van der Waals surface area contributed by atoms with Crippen molar-refractivity contribution in [2.24, 2.45) is 0 Å². The highest BCUT2D eigenvalue weighted by Gasteiger charge is 2.60. The summed E-state index contributed by atoms with van der Waals surface area (Å²) < 4.78 is 0. The molecule has 0 radical (unpaired) electrons. The van der Waals surface area contributed by atoms with E-state index < -0.39 is 7.26 Å². The fraction of sp³-hybridized carbons (Fsp3) is 0.200. The molecular formula is C25H25ClN3OPS. The fourth-order valence-electron chi connectivity index (χ4n) is 4.38. The summed E-state index contributed by atoms with van der Waals surface area (Å²) >= 11 is 1.52. The molecule has 0 aromatic heterocycles. The van der Waals surface area contributed by atoms with Gasteiger partial charge in [-0.15, -0.1) is 11.8 Å². The number of hydrogen-bond donors (Lipinski definition) is 2. The van der Waals surface area contributed by atoms with Crippen LogP contribution in [0.5, 0.6) is 0 Å². The number of carbonyl (C=O) groups excluding carboxylic acids is 1. The van der Waals surface area contributed by atoms with E-state index in [1.54, 1.807) is 0 Å². The zero-order chi connectivity index (χ0) is 21.7. The minimum Gasteiger partial charge on any atom is -1.00 e. The molecule has 0 saturated carbocycles. The second-order valence-corrected chi connectivity index (χ2v) is 12.1. The van der Waals surface area contributed by atoms with Crippen molar-refractivity contribution in [3.63, 3.8) is 0 Å². The van der Waals surface area contributed by atoms with Crippen LogP contribution in [0.3, 0.4) is 0 Å². The monoisotopic (exact) mass is 481 g/mol. The van der Waals surface area contributed by atoms with Gasteiger partial charge in [0.2, 0.25) is 0 Å². The molecule has 1 amide bonds.